The largest absolute Gasteiger partial charge is 0.223 e. The third-order valence-corrected chi connectivity index (χ3v) is 7.17. The molecule has 1 saturated carbocycles. The van der Waals surface area contributed by atoms with Gasteiger partial charge >= 0.3 is 0 Å². The van der Waals surface area contributed by atoms with Crippen LogP contribution >= 0.6 is 0 Å². The summed E-state index contributed by atoms with van der Waals surface area (Å²) in [6, 6.07) is 28.8. The fourth-order valence-electron chi connectivity index (χ4n) is 3.63. The van der Waals surface area contributed by atoms with Crippen molar-refractivity contribution in [1.82, 2.24) is 0 Å². The van der Waals surface area contributed by atoms with Crippen molar-refractivity contribution in [2.75, 3.05) is 0 Å². The minimum absolute atomic E-state index is 0.406. The molecule has 0 bridgehead atoms. The molecule has 0 saturated heterocycles. The molecule has 0 aliphatic heterocycles. The average molecular weight is 334 g/mol. The Bertz CT molecular complexity index is 893. The highest BCUT2D eigenvalue weighted by Gasteiger charge is 2.63. The highest BCUT2D eigenvalue weighted by atomic mass is 32.2. The van der Waals surface area contributed by atoms with E-state index in [-0.39, 0.29) is 0 Å². The van der Waals surface area contributed by atoms with Crippen molar-refractivity contribution < 1.29 is 8.42 Å². The molecule has 24 heavy (non-hydrogen) atoms. The molecule has 1 aliphatic rings. The maximum Gasteiger partial charge on any atom is 0.182 e. The maximum atomic E-state index is 13.2. The van der Waals surface area contributed by atoms with E-state index in [4.69, 9.17) is 0 Å². The summed E-state index contributed by atoms with van der Waals surface area (Å²) < 4.78 is 26.3. The van der Waals surface area contributed by atoms with Gasteiger partial charge in [-0.1, -0.05) is 78.9 Å². The highest BCUT2D eigenvalue weighted by Crippen LogP contribution is 2.58. The Labute approximate surface area is 142 Å². The summed E-state index contributed by atoms with van der Waals surface area (Å²) in [5.74, 6) is 0. The van der Waals surface area contributed by atoms with Crippen LogP contribution in [0, 0.1) is 0 Å². The normalized spacial score (nSPS) is 18.9. The van der Waals surface area contributed by atoms with Crippen LogP contribution in [0.15, 0.2) is 95.9 Å². The summed E-state index contributed by atoms with van der Waals surface area (Å²) in [6.07, 6.45) is 0.623. The van der Waals surface area contributed by atoms with Gasteiger partial charge in [0.05, 0.1) is 10.1 Å². The van der Waals surface area contributed by atoms with E-state index in [1.807, 2.05) is 66.7 Å². The van der Waals surface area contributed by atoms with Crippen molar-refractivity contribution in [2.45, 2.75) is 22.0 Å². The standard InChI is InChI=1S/C21H18O2S/c22-24(23,19-14-8-3-9-15-19)20-16-21(20,17-10-4-1-5-11-17)18-12-6-2-7-13-18/h1-15,20H,16H2/t20-/m0/s1. The van der Waals surface area contributed by atoms with Crippen LogP contribution < -0.4 is 0 Å². The van der Waals surface area contributed by atoms with Gasteiger partial charge in [-0.25, -0.2) is 8.42 Å². The molecule has 0 amide bonds. The van der Waals surface area contributed by atoms with Gasteiger partial charge in [0.25, 0.3) is 0 Å². The van der Waals surface area contributed by atoms with Crippen LogP contribution in [-0.4, -0.2) is 13.7 Å². The molecule has 1 atom stereocenters. The van der Waals surface area contributed by atoms with Crippen molar-refractivity contribution in [3.8, 4) is 0 Å². The van der Waals surface area contributed by atoms with Crippen LogP contribution in [0.25, 0.3) is 0 Å². The lowest BCUT2D eigenvalue weighted by atomic mass is 9.88. The Hall–Kier alpha value is -2.39. The average Bonchev–Trinajstić information content (AvgIpc) is 3.42. The third kappa shape index (κ3) is 2.28. The van der Waals surface area contributed by atoms with E-state index in [1.54, 1.807) is 24.3 Å². The van der Waals surface area contributed by atoms with Gasteiger partial charge in [0.2, 0.25) is 0 Å². The molecule has 0 unspecified atom stereocenters. The summed E-state index contributed by atoms with van der Waals surface area (Å²) >= 11 is 0. The van der Waals surface area contributed by atoms with Crippen molar-refractivity contribution in [1.29, 1.82) is 0 Å². The first-order chi connectivity index (χ1) is 11.7. The second-order valence-electron chi connectivity index (χ2n) is 6.25. The minimum atomic E-state index is -3.37. The summed E-state index contributed by atoms with van der Waals surface area (Å²) in [4.78, 5) is 0.406. The second kappa shape index (κ2) is 5.60. The molecule has 120 valence electrons. The van der Waals surface area contributed by atoms with Gasteiger partial charge in [-0.15, -0.1) is 0 Å². The van der Waals surface area contributed by atoms with E-state index in [0.717, 1.165) is 11.1 Å². The van der Waals surface area contributed by atoms with Gasteiger partial charge < -0.3 is 0 Å². The summed E-state index contributed by atoms with van der Waals surface area (Å²) in [5.41, 5.74) is 1.69. The lowest BCUT2D eigenvalue weighted by Crippen LogP contribution is -2.21. The summed E-state index contributed by atoms with van der Waals surface area (Å²) in [6.45, 7) is 0. The van der Waals surface area contributed by atoms with Crippen LogP contribution in [0.1, 0.15) is 17.5 Å². The van der Waals surface area contributed by atoms with Crippen LogP contribution in [-0.2, 0) is 15.3 Å². The molecule has 3 aromatic carbocycles. The Morgan fingerprint density at radius 2 is 1.08 bits per heavy atom. The van der Waals surface area contributed by atoms with Crippen molar-refractivity contribution in [2.24, 2.45) is 0 Å². The topological polar surface area (TPSA) is 34.1 Å². The van der Waals surface area contributed by atoms with Crippen molar-refractivity contribution >= 4 is 9.84 Å². The summed E-state index contributed by atoms with van der Waals surface area (Å²) in [7, 11) is -3.37. The molecule has 1 fully saturated rings. The van der Waals surface area contributed by atoms with E-state index < -0.39 is 20.5 Å². The van der Waals surface area contributed by atoms with Crippen LogP contribution in [0.3, 0.4) is 0 Å². The zero-order valence-electron chi connectivity index (χ0n) is 13.2. The minimum Gasteiger partial charge on any atom is -0.223 e. The monoisotopic (exact) mass is 334 g/mol. The predicted molar refractivity (Wildman–Crippen MR) is 95.7 cm³/mol. The van der Waals surface area contributed by atoms with Gasteiger partial charge in [-0.2, -0.15) is 0 Å². The Balaban J connectivity index is 1.85. The lowest BCUT2D eigenvalue weighted by molar-refractivity contribution is 0.591. The first-order valence-electron chi connectivity index (χ1n) is 8.06. The fourth-order valence-corrected chi connectivity index (χ4v) is 5.78. The van der Waals surface area contributed by atoms with Crippen LogP contribution in [0.2, 0.25) is 0 Å². The fraction of sp³-hybridized carbons (Fsp3) is 0.143. The number of hydrogen-bond acceptors (Lipinski definition) is 2. The third-order valence-electron chi connectivity index (χ3n) is 4.92. The van der Waals surface area contributed by atoms with Gasteiger partial charge in [0, 0.05) is 5.41 Å². The van der Waals surface area contributed by atoms with Crippen molar-refractivity contribution in [3.05, 3.63) is 102 Å². The van der Waals surface area contributed by atoms with E-state index >= 15 is 0 Å². The van der Waals surface area contributed by atoms with Crippen LogP contribution in [0.5, 0.6) is 0 Å². The molecule has 1 aliphatic carbocycles. The van der Waals surface area contributed by atoms with E-state index in [1.165, 1.54) is 0 Å². The highest BCUT2D eigenvalue weighted by molar-refractivity contribution is 7.92. The number of benzene rings is 3. The molecule has 3 heteroatoms. The van der Waals surface area contributed by atoms with Gasteiger partial charge in [-0.3, -0.25) is 0 Å². The van der Waals surface area contributed by atoms with Crippen molar-refractivity contribution in [3.63, 3.8) is 0 Å². The molecular formula is C21H18O2S. The molecule has 0 N–H and O–H groups in total. The predicted octanol–water partition coefficient (Wildman–Crippen LogP) is 4.22. The zero-order valence-corrected chi connectivity index (χ0v) is 14.0. The number of rotatable bonds is 4. The Kier molecular flexibility index (Phi) is 3.54. The summed E-state index contributed by atoms with van der Waals surface area (Å²) in [5, 5.41) is -0.419. The molecule has 0 heterocycles. The first kappa shape index (κ1) is 15.2. The quantitative estimate of drug-likeness (QED) is 0.716. The van der Waals surface area contributed by atoms with Gasteiger partial charge in [0.15, 0.2) is 9.84 Å². The SMILES string of the molecule is O=S(=O)(c1ccccc1)[C@H]1CC1(c1ccccc1)c1ccccc1. The van der Waals surface area contributed by atoms with E-state index in [2.05, 4.69) is 0 Å². The molecule has 2 nitrogen and oxygen atoms in total. The van der Waals surface area contributed by atoms with Crippen LogP contribution in [0.4, 0.5) is 0 Å². The van der Waals surface area contributed by atoms with E-state index in [0.29, 0.717) is 11.3 Å². The zero-order chi connectivity index (χ0) is 16.6. The van der Waals surface area contributed by atoms with E-state index in [9.17, 15) is 8.42 Å². The maximum absolute atomic E-state index is 13.2. The van der Waals surface area contributed by atoms with Gasteiger partial charge in [0.1, 0.15) is 0 Å². The smallest absolute Gasteiger partial charge is 0.182 e. The number of hydrogen-bond donors (Lipinski definition) is 0. The molecule has 4 rings (SSSR count). The molecule has 0 radical (unpaired) electrons. The number of sulfone groups is 1. The molecule has 0 aromatic heterocycles. The Morgan fingerprint density at radius 3 is 1.54 bits per heavy atom. The molecule has 3 aromatic rings. The lowest BCUT2D eigenvalue weighted by Gasteiger charge is -2.19. The van der Waals surface area contributed by atoms with Gasteiger partial charge in [-0.05, 0) is 29.7 Å². The molecule has 0 spiro atoms. The Morgan fingerprint density at radius 1 is 0.667 bits per heavy atom. The second-order valence-corrected chi connectivity index (χ2v) is 8.38. The first-order valence-corrected chi connectivity index (χ1v) is 9.60. The molecular weight excluding hydrogens is 316 g/mol.